The Morgan fingerprint density at radius 2 is 2.00 bits per heavy atom. The zero-order valence-electron chi connectivity index (χ0n) is 7.81. The third kappa shape index (κ3) is 2.16. The van der Waals surface area contributed by atoms with Gasteiger partial charge in [-0.15, -0.1) is 11.3 Å². The van der Waals surface area contributed by atoms with E-state index in [1.54, 1.807) is 17.4 Å². The summed E-state index contributed by atoms with van der Waals surface area (Å²) in [6, 6.07) is 11.3. The second-order valence-corrected chi connectivity index (χ2v) is 3.90. The normalized spacial score (nSPS) is 9.87. The molecule has 4 heteroatoms. The summed E-state index contributed by atoms with van der Waals surface area (Å²) in [7, 11) is 0. The number of benzene rings is 1. The van der Waals surface area contributed by atoms with Crippen molar-refractivity contribution < 1.29 is 9.90 Å². The fourth-order valence-corrected chi connectivity index (χ4v) is 2.12. The van der Waals surface area contributed by atoms with Crippen LogP contribution >= 0.6 is 11.3 Å². The van der Waals surface area contributed by atoms with E-state index in [9.17, 15) is 4.79 Å². The van der Waals surface area contributed by atoms with E-state index >= 15 is 0 Å². The first-order valence-corrected chi connectivity index (χ1v) is 5.28. The third-order valence-corrected chi connectivity index (χ3v) is 2.86. The van der Waals surface area contributed by atoms with Crippen LogP contribution in [0.3, 0.4) is 0 Å². The summed E-state index contributed by atoms with van der Waals surface area (Å²) in [4.78, 5) is 11.6. The van der Waals surface area contributed by atoms with Crippen LogP contribution in [0, 0.1) is 0 Å². The van der Waals surface area contributed by atoms with E-state index in [1.165, 1.54) is 0 Å². The van der Waals surface area contributed by atoms with Gasteiger partial charge in [0, 0.05) is 10.4 Å². The van der Waals surface area contributed by atoms with E-state index in [1.807, 2.05) is 35.7 Å². The van der Waals surface area contributed by atoms with Crippen molar-refractivity contribution in [2.24, 2.45) is 0 Å². The highest BCUT2D eigenvalue weighted by atomic mass is 32.1. The van der Waals surface area contributed by atoms with Crippen molar-refractivity contribution in [3.05, 3.63) is 41.8 Å². The van der Waals surface area contributed by atoms with E-state index in [0.29, 0.717) is 5.69 Å². The molecule has 0 aliphatic heterocycles. The van der Waals surface area contributed by atoms with Crippen LogP contribution in [-0.2, 0) is 0 Å². The first-order chi connectivity index (χ1) is 7.27. The van der Waals surface area contributed by atoms with E-state index in [2.05, 4.69) is 5.32 Å². The summed E-state index contributed by atoms with van der Waals surface area (Å²) in [5.41, 5.74) is 1.53. The molecule has 1 amide bonds. The molecule has 0 saturated carbocycles. The van der Waals surface area contributed by atoms with Gasteiger partial charge < -0.3 is 5.11 Å². The summed E-state index contributed by atoms with van der Waals surface area (Å²) < 4.78 is 0. The molecular weight excluding hydrogens is 210 g/mol. The number of rotatable bonds is 2. The van der Waals surface area contributed by atoms with Crippen LogP contribution in [0.15, 0.2) is 41.8 Å². The lowest BCUT2D eigenvalue weighted by atomic mass is 10.1. The fraction of sp³-hybridized carbons (Fsp3) is 0. The first-order valence-electron chi connectivity index (χ1n) is 4.40. The van der Waals surface area contributed by atoms with Gasteiger partial charge in [0.25, 0.3) is 0 Å². The van der Waals surface area contributed by atoms with Crippen molar-refractivity contribution in [2.45, 2.75) is 0 Å². The van der Waals surface area contributed by atoms with Crippen molar-refractivity contribution in [1.82, 2.24) is 0 Å². The standard InChI is InChI=1S/C11H9NO2S/c13-11(14)12-9-5-2-1-4-8(9)10-6-3-7-15-10/h1-7,12H,(H,13,14). The van der Waals surface area contributed by atoms with Crippen LogP contribution in [-0.4, -0.2) is 11.2 Å². The minimum atomic E-state index is -1.04. The van der Waals surface area contributed by atoms with Gasteiger partial charge in [0.05, 0.1) is 5.69 Å². The summed E-state index contributed by atoms with van der Waals surface area (Å²) in [5.74, 6) is 0. The molecule has 15 heavy (non-hydrogen) atoms. The van der Waals surface area contributed by atoms with E-state index in [4.69, 9.17) is 5.11 Å². The van der Waals surface area contributed by atoms with Crippen LogP contribution in [0.2, 0.25) is 0 Å². The Balaban J connectivity index is 2.42. The quantitative estimate of drug-likeness (QED) is 0.812. The van der Waals surface area contributed by atoms with Gasteiger partial charge in [0.15, 0.2) is 0 Å². The second-order valence-electron chi connectivity index (χ2n) is 2.95. The maximum Gasteiger partial charge on any atom is 0.409 e. The van der Waals surface area contributed by atoms with Crippen LogP contribution in [0.1, 0.15) is 0 Å². The van der Waals surface area contributed by atoms with Gasteiger partial charge in [-0.3, -0.25) is 5.32 Å². The summed E-state index contributed by atoms with van der Waals surface area (Å²) >= 11 is 1.58. The van der Waals surface area contributed by atoms with Gasteiger partial charge in [0.1, 0.15) is 0 Å². The highest BCUT2D eigenvalue weighted by Crippen LogP contribution is 2.31. The number of carboxylic acid groups (broad SMARTS) is 1. The number of nitrogens with one attached hydrogen (secondary N) is 1. The Labute approximate surface area is 91.0 Å². The van der Waals surface area contributed by atoms with E-state index in [0.717, 1.165) is 10.4 Å². The third-order valence-electron chi connectivity index (χ3n) is 1.96. The molecule has 2 aromatic rings. The Bertz CT molecular complexity index is 465. The van der Waals surface area contributed by atoms with Gasteiger partial charge in [-0.05, 0) is 17.5 Å². The summed E-state index contributed by atoms with van der Waals surface area (Å²) in [6.07, 6.45) is -1.04. The molecule has 0 bridgehead atoms. The predicted octanol–water partition coefficient (Wildman–Crippen LogP) is 3.51. The Morgan fingerprint density at radius 3 is 2.67 bits per heavy atom. The van der Waals surface area contributed by atoms with Crippen molar-refractivity contribution in [3.63, 3.8) is 0 Å². The number of hydrogen-bond acceptors (Lipinski definition) is 2. The average molecular weight is 219 g/mol. The Hall–Kier alpha value is -1.81. The Kier molecular flexibility index (Phi) is 2.69. The zero-order chi connectivity index (χ0) is 10.7. The highest BCUT2D eigenvalue weighted by Gasteiger charge is 2.06. The molecule has 1 aromatic carbocycles. The molecule has 0 fully saturated rings. The maximum atomic E-state index is 10.6. The van der Waals surface area contributed by atoms with Crippen molar-refractivity contribution in [3.8, 4) is 10.4 Å². The fourth-order valence-electron chi connectivity index (χ4n) is 1.35. The number of amides is 1. The largest absolute Gasteiger partial charge is 0.465 e. The van der Waals surface area contributed by atoms with Gasteiger partial charge >= 0.3 is 6.09 Å². The lowest BCUT2D eigenvalue weighted by Gasteiger charge is -2.06. The lowest BCUT2D eigenvalue weighted by molar-refractivity contribution is 0.210. The maximum absolute atomic E-state index is 10.6. The van der Waals surface area contributed by atoms with Gasteiger partial charge in [0.2, 0.25) is 0 Å². The molecule has 0 atom stereocenters. The number of anilines is 1. The summed E-state index contributed by atoms with van der Waals surface area (Å²) in [6.45, 7) is 0. The van der Waals surface area contributed by atoms with Crippen molar-refractivity contribution in [2.75, 3.05) is 5.32 Å². The minimum absolute atomic E-state index is 0.618. The molecule has 76 valence electrons. The van der Waals surface area contributed by atoms with E-state index < -0.39 is 6.09 Å². The molecule has 0 aliphatic rings. The van der Waals surface area contributed by atoms with Crippen molar-refractivity contribution in [1.29, 1.82) is 0 Å². The van der Waals surface area contributed by atoms with E-state index in [-0.39, 0.29) is 0 Å². The molecule has 0 aliphatic carbocycles. The SMILES string of the molecule is O=C(O)Nc1ccccc1-c1cccs1. The monoisotopic (exact) mass is 219 g/mol. The van der Waals surface area contributed by atoms with Gasteiger partial charge in [-0.2, -0.15) is 0 Å². The lowest BCUT2D eigenvalue weighted by Crippen LogP contribution is -2.07. The van der Waals surface area contributed by atoms with Crippen LogP contribution < -0.4 is 5.32 Å². The van der Waals surface area contributed by atoms with Crippen LogP contribution in [0.4, 0.5) is 10.5 Å². The molecule has 0 saturated heterocycles. The van der Waals surface area contributed by atoms with Crippen LogP contribution in [0.5, 0.6) is 0 Å². The molecule has 1 aromatic heterocycles. The topological polar surface area (TPSA) is 49.3 Å². The smallest absolute Gasteiger partial charge is 0.409 e. The molecular formula is C11H9NO2S. The molecule has 1 heterocycles. The molecule has 2 rings (SSSR count). The number of carbonyl (C=O) groups is 1. The van der Waals surface area contributed by atoms with Crippen molar-refractivity contribution >= 4 is 23.1 Å². The number of para-hydroxylation sites is 1. The van der Waals surface area contributed by atoms with Gasteiger partial charge in [-0.1, -0.05) is 24.3 Å². The van der Waals surface area contributed by atoms with Crippen LogP contribution in [0.25, 0.3) is 10.4 Å². The molecule has 0 spiro atoms. The molecule has 3 nitrogen and oxygen atoms in total. The zero-order valence-corrected chi connectivity index (χ0v) is 8.62. The summed E-state index contributed by atoms with van der Waals surface area (Å²) in [5, 5.41) is 13.0. The number of hydrogen-bond donors (Lipinski definition) is 2. The van der Waals surface area contributed by atoms with Gasteiger partial charge in [-0.25, -0.2) is 4.79 Å². The second kappa shape index (κ2) is 4.14. The minimum Gasteiger partial charge on any atom is -0.465 e. The highest BCUT2D eigenvalue weighted by molar-refractivity contribution is 7.13. The predicted molar refractivity (Wildman–Crippen MR) is 61.4 cm³/mol. The molecule has 0 unspecified atom stereocenters. The average Bonchev–Trinajstić information content (AvgIpc) is 2.70. The molecule has 0 radical (unpaired) electrons. The molecule has 2 N–H and O–H groups in total. The number of thiophene rings is 1. The Morgan fingerprint density at radius 1 is 1.20 bits per heavy atom. The first kappa shape index (κ1) is 9.73.